The SMILES string of the molecule is NC(=O)COc1ccc(C=C[N+](=O)[O-])cc1Cl. The molecule has 0 heterocycles. The topological polar surface area (TPSA) is 95.5 Å². The van der Waals surface area contributed by atoms with Crippen molar-refractivity contribution in [3.63, 3.8) is 0 Å². The van der Waals surface area contributed by atoms with Crippen molar-refractivity contribution in [1.29, 1.82) is 0 Å². The maximum absolute atomic E-state index is 10.5. The highest BCUT2D eigenvalue weighted by atomic mass is 35.5. The first-order valence-electron chi connectivity index (χ1n) is 4.51. The number of rotatable bonds is 5. The van der Waals surface area contributed by atoms with Gasteiger partial charge < -0.3 is 10.5 Å². The molecule has 0 aliphatic rings. The van der Waals surface area contributed by atoms with Crippen LogP contribution in [0.3, 0.4) is 0 Å². The third-order valence-electron chi connectivity index (χ3n) is 1.71. The number of carbonyl (C=O) groups excluding carboxylic acids is 1. The van der Waals surface area contributed by atoms with Crippen molar-refractivity contribution in [3.8, 4) is 5.75 Å². The van der Waals surface area contributed by atoms with E-state index >= 15 is 0 Å². The second kappa shape index (κ2) is 5.86. The number of primary amides is 1. The molecule has 0 atom stereocenters. The van der Waals surface area contributed by atoms with Crippen LogP contribution in [0.25, 0.3) is 6.08 Å². The van der Waals surface area contributed by atoms with Crippen LogP contribution in [0.1, 0.15) is 5.56 Å². The van der Waals surface area contributed by atoms with Gasteiger partial charge in [0.2, 0.25) is 6.20 Å². The van der Waals surface area contributed by atoms with Crippen molar-refractivity contribution < 1.29 is 14.5 Å². The van der Waals surface area contributed by atoms with Gasteiger partial charge in [0.25, 0.3) is 5.91 Å². The smallest absolute Gasteiger partial charge is 0.255 e. The standard InChI is InChI=1S/C10H9ClN2O4/c11-8-5-7(3-4-13(15)16)1-2-9(8)17-6-10(12)14/h1-5H,6H2,(H2,12,14). The van der Waals surface area contributed by atoms with Gasteiger partial charge in [0.05, 0.1) is 9.95 Å². The molecule has 7 heteroatoms. The van der Waals surface area contributed by atoms with E-state index in [2.05, 4.69) is 0 Å². The van der Waals surface area contributed by atoms with E-state index in [1.807, 2.05) is 0 Å². The molecular formula is C10H9ClN2O4. The molecule has 0 aliphatic heterocycles. The number of hydrogen-bond acceptors (Lipinski definition) is 4. The van der Waals surface area contributed by atoms with Gasteiger partial charge in [-0.3, -0.25) is 14.9 Å². The lowest BCUT2D eigenvalue weighted by Gasteiger charge is -2.05. The lowest BCUT2D eigenvalue weighted by molar-refractivity contribution is -0.400. The van der Waals surface area contributed by atoms with Crippen LogP contribution in [-0.2, 0) is 4.79 Å². The predicted molar refractivity (Wildman–Crippen MR) is 62.2 cm³/mol. The first-order chi connectivity index (χ1) is 7.99. The first kappa shape index (κ1) is 13.0. The molecule has 0 unspecified atom stereocenters. The summed E-state index contributed by atoms with van der Waals surface area (Å²) in [6.07, 6.45) is 2.10. The van der Waals surface area contributed by atoms with Crippen molar-refractivity contribution in [2.75, 3.05) is 6.61 Å². The molecule has 1 aromatic rings. The van der Waals surface area contributed by atoms with Gasteiger partial charge in [-0.25, -0.2) is 0 Å². The van der Waals surface area contributed by atoms with E-state index in [0.29, 0.717) is 11.3 Å². The first-order valence-corrected chi connectivity index (χ1v) is 4.89. The Kier molecular flexibility index (Phi) is 4.47. The van der Waals surface area contributed by atoms with Gasteiger partial charge in [-0.1, -0.05) is 17.7 Å². The molecule has 1 aromatic carbocycles. The lowest BCUT2D eigenvalue weighted by Crippen LogP contribution is -2.20. The fourth-order valence-electron chi connectivity index (χ4n) is 1.03. The quantitative estimate of drug-likeness (QED) is 0.637. The number of ether oxygens (including phenoxy) is 1. The van der Waals surface area contributed by atoms with Crippen LogP contribution < -0.4 is 10.5 Å². The zero-order valence-electron chi connectivity index (χ0n) is 8.63. The molecule has 0 bridgehead atoms. The summed E-state index contributed by atoms with van der Waals surface area (Å²) in [4.78, 5) is 20.0. The summed E-state index contributed by atoms with van der Waals surface area (Å²) in [5, 5.41) is 10.4. The third kappa shape index (κ3) is 4.52. The predicted octanol–water partition coefficient (Wildman–Crippen LogP) is 1.45. The molecule has 0 aromatic heterocycles. The minimum absolute atomic E-state index is 0.247. The van der Waals surface area contributed by atoms with Gasteiger partial charge in [-0.2, -0.15) is 0 Å². The summed E-state index contributed by atoms with van der Waals surface area (Å²) in [5.41, 5.74) is 5.46. The highest BCUT2D eigenvalue weighted by molar-refractivity contribution is 6.32. The Balaban J connectivity index is 2.79. The molecular weight excluding hydrogens is 248 g/mol. The van der Waals surface area contributed by atoms with Crippen LogP contribution in [-0.4, -0.2) is 17.4 Å². The summed E-state index contributed by atoms with van der Waals surface area (Å²) >= 11 is 5.85. The van der Waals surface area contributed by atoms with E-state index in [1.165, 1.54) is 18.2 Å². The number of nitrogens with zero attached hydrogens (tertiary/aromatic N) is 1. The monoisotopic (exact) mass is 256 g/mol. The largest absolute Gasteiger partial charge is 0.482 e. The van der Waals surface area contributed by atoms with Crippen LogP contribution in [0, 0.1) is 10.1 Å². The number of benzene rings is 1. The van der Waals surface area contributed by atoms with Crippen LogP contribution in [0.5, 0.6) is 5.75 Å². The van der Waals surface area contributed by atoms with Crippen molar-refractivity contribution in [2.24, 2.45) is 5.73 Å². The Morgan fingerprint density at radius 3 is 2.82 bits per heavy atom. The molecule has 2 N–H and O–H groups in total. The van der Waals surface area contributed by atoms with Gasteiger partial charge in [0.1, 0.15) is 5.75 Å². The van der Waals surface area contributed by atoms with E-state index in [-0.39, 0.29) is 11.6 Å². The maximum atomic E-state index is 10.5. The Morgan fingerprint density at radius 2 is 2.29 bits per heavy atom. The minimum atomic E-state index is -0.613. The van der Waals surface area contributed by atoms with E-state index in [0.717, 1.165) is 6.20 Å². The average molecular weight is 257 g/mol. The second-order valence-electron chi connectivity index (χ2n) is 3.05. The molecule has 0 fully saturated rings. The molecule has 0 saturated carbocycles. The van der Waals surface area contributed by atoms with Crippen LogP contribution in [0.2, 0.25) is 5.02 Å². The fourth-order valence-corrected chi connectivity index (χ4v) is 1.28. The third-order valence-corrected chi connectivity index (χ3v) is 2.01. The highest BCUT2D eigenvalue weighted by Crippen LogP contribution is 2.25. The van der Waals surface area contributed by atoms with Gasteiger partial charge in [-0.05, 0) is 17.7 Å². The lowest BCUT2D eigenvalue weighted by atomic mass is 10.2. The zero-order valence-corrected chi connectivity index (χ0v) is 9.39. The Labute approximate surface area is 102 Å². The van der Waals surface area contributed by atoms with E-state index in [4.69, 9.17) is 22.1 Å². The number of hydrogen-bond donors (Lipinski definition) is 1. The Bertz CT molecular complexity index is 473. The summed E-state index contributed by atoms with van der Waals surface area (Å²) in [5.74, 6) is -0.317. The van der Waals surface area contributed by atoms with E-state index in [1.54, 1.807) is 6.07 Å². The zero-order chi connectivity index (χ0) is 12.8. The molecule has 1 amide bonds. The average Bonchev–Trinajstić information content (AvgIpc) is 2.24. The van der Waals surface area contributed by atoms with E-state index < -0.39 is 10.8 Å². The molecule has 6 nitrogen and oxygen atoms in total. The van der Waals surface area contributed by atoms with Gasteiger partial charge in [0.15, 0.2) is 6.61 Å². The van der Waals surface area contributed by atoms with Gasteiger partial charge in [0, 0.05) is 6.08 Å². The highest BCUT2D eigenvalue weighted by Gasteiger charge is 2.04. The molecule has 90 valence electrons. The number of halogens is 1. The molecule has 0 saturated heterocycles. The molecule has 1 rings (SSSR count). The summed E-state index contributed by atoms with van der Waals surface area (Å²) < 4.78 is 5.01. The van der Waals surface area contributed by atoms with Gasteiger partial charge >= 0.3 is 0 Å². The number of nitrogens with two attached hydrogens (primary N) is 1. The van der Waals surface area contributed by atoms with Crippen molar-refractivity contribution >= 4 is 23.6 Å². The number of amides is 1. The summed E-state index contributed by atoms with van der Waals surface area (Å²) in [7, 11) is 0. The molecule has 0 spiro atoms. The molecule has 0 aliphatic carbocycles. The van der Waals surface area contributed by atoms with Crippen LogP contribution in [0.4, 0.5) is 0 Å². The Hall–Kier alpha value is -2.08. The second-order valence-corrected chi connectivity index (χ2v) is 3.45. The van der Waals surface area contributed by atoms with Crippen LogP contribution >= 0.6 is 11.6 Å². The minimum Gasteiger partial charge on any atom is -0.482 e. The van der Waals surface area contributed by atoms with Crippen molar-refractivity contribution in [2.45, 2.75) is 0 Å². The normalized spacial score (nSPS) is 10.4. The van der Waals surface area contributed by atoms with Crippen LogP contribution in [0.15, 0.2) is 24.4 Å². The van der Waals surface area contributed by atoms with E-state index in [9.17, 15) is 14.9 Å². The van der Waals surface area contributed by atoms with Crippen molar-refractivity contribution in [1.82, 2.24) is 0 Å². The van der Waals surface area contributed by atoms with Gasteiger partial charge in [-0.15, -0.1) is 0 Å². The Morgan fingerprint density at radius 1 is 1.59 bits per heavy atom. The molecule has 17 heavy (non-hydrogen) atoms. The fraction of sp³-hybridized carbons (Fsp3) is 0.100. The number of nitro groups is 1. The van der Waals surface area contributed by atoms with Crippen molar-refractivity contribution in [3.05, 3.63) is 45.1 Å². The summed E-state index contributed by atoms with van der Waals surface area (Å²) in [6, 6.07) is 4.56. The number of carbonyl (C=O) groups is 1. The maximum Gasteiger partial charge on any atom is 0.255 e. The molecule has 0 radical (unpaired) electrons. The summed E-state index contributed by atoms with van der Waals surface area (Å²) in [6.45, 7) is -0.274.